The van der Waals surface area contributed by atoms with Crippen LogP contribution in [0.1, 0.15) is 18.9 Å². The molecular weight excluding hydrogens is 216 g/mol. The Bertz CT molecular complexity index is 466. The quantitative estimate of drug-likeness (QED) is 0.599. The Morgan fingerprint density at radius 3 is 2.47 bits per heavy atom. The molecule has 0 aliphatic heterocycles. The number of hydrogen-bond donors (Lipinski definition) is 2. The maximum absolute atomic E-state index is 11.3. The first-order valence-corrected chi connectivity index (χ1v) is 5.20. The zero-order valence-corrected chi connectivity index (χ0v) is 9.62. The summed E-state index contributed by atoms with van der Waals surface area (Å²) < 4.78 is 0. The predicted molar refractivity (Wildman–Crippen MR) is 66.3 cm³/mol. The minimum Gasteiger partial charge on any atom is -0.326 e. The van der Waals surface area contributed by atoms with Gasteiger partial charge in [0.05, 0.1) is 13.0 Å². The van der Waals surface area contributed by atoms with Crippen LogP contribution in [-0.4, -0.2) is 18.2 Å². The minimum absolute atomic E-state index is 0.102. The van der Waals surface area contributed by atoms with Crippen molar-refractivity contribution < 1.29 is 9.59 Å². The van der Waals surface area contributed by atoms with Crippen LogP contribution < -0.4 is 11.1 Å². The zero-order valence-electron chi connectivity index (χ0n) is 9.62. The van der Waals surface area contributed by atoms with Gasteiger partial charge in [0.1, 0.15) is 5.78 Å². The number of hydrogen-bond acceptors (Lipinski definition) is 3. The molecule has 0 aliphatic rings. The molecule has 17 heavy (non-hydrogen) atoms. The number of ketones is 1. The smallest absolute Gasteiger partial charge is 0.231 e. The highest BCUT2D eigenvalue weighted by atomic mass is 16.2. The van der Waals surface area contributed by atoms with Crippen LogP contribution in [0.3, 0.4) is 0 Å². The number of carbonyl (C=O) groups is 2. The van der Waals surface area contributed by atoms with E-state index in [-0.39, 0.29) is 18.1 Å². The summed E-state index contributed by atoms with van der Waals surface area (Å²) in [5.41, 5.74) is 6.74. The first-order chi connectivity index (χ1) is 8.11. The van der Waals surface area contributed by atoms with Crippen LogP contribution in [0.15, 0.2) is 24.3 Å². The predicted octanol–water partition coefficient (Wildman–Crippen LogP) is 0.914. The molecule has 4 heteroatoms. The standard InChI is InChI=1S/C13H14N2O2/c1-10(16)9-13(17)15-12-6-4-11(5-7-12)3-2-8-14/h4-7H,8-9,14H2,1H3,(H,15,17). The molecule has 0 bridgehead atoms. The summed E-state index contributed by atoms with van der Waals surface area (Å²) in [5.74, 6) is 5.15. The van der Waals surface area contributed by atoms with Crippen LogP contribution in [-0.2, 0) is 9.59 Å². The monoisotopic (exact) mass is 230 g/mol. The third kappa shape index (κ3) is 4.96. The van der Waals surface area contributed by atoms with Gasteiger partial charge in [0.25, 0.3) is 0 Å². The van der Waals surface area contributed by atoms with E-state index in [1.54, 1.807) is 24.3 Å². The molecular formula is C13H14N2O2. The number of anilines is 1. The van der Waals surface area contributed by atoms with Gasteiger partial charge < -0.3 is 11.1 Å². The molecule has 0 aromatic heterocycles. The number of Topliss-reactive ketones (excluding diaryl/α,β-unsaturated/α-hetero) is 1. The molecule has 1 aromatic rings. The van der Waals surface area contributed by atoms with E-state index in [1.165, 1.54) is 6.92 Å². The fourth-order valence-corrected chi connectivity index (χ4v) is 1.22. The Hall–Kier alpha value is -2.12. The van der Waals surface area contributed by atoms with Gasteiger partial charge in [0, 0.05) is 11.3 Å². The van der Waals surface area contributed by atoms with Crippen molar-refractivity contribution in [1.82, 2.24) is 0 Å². The summed E-state index contributed by atoms with van der Waals surface area (Å²) in [4.78, 5) is 22.0. The van der Waals surface area contributed by atoms with Crippen LogP contribution in [0.5, 0.6) is 0 Å². The van der Waals surface area contributed by atoms with Crippen molar-refractivity contribution in [2.24, 2.45) is 5.73 Å². The molecule has 0 aliphatic carbocycles. The van der Waals surface area contributed by atoms with Gasteiger partial charge in [-0.2, -0.15) is 0 Å². The second-order valence-electron chi connectivity index (χ2n) is 3.51. The Kier molecular flexibility index (Phi) is 4.92. The summed E-state index contributed by atoms with van der Waals surface area (Å²) in [5, 5.41) is 2.62. The maximum Gasteiger partial charge on any atom is 0.231 e. The second kappa shape index (κ2) is 6.46. The highest BCUT2D eigenvalue weighted by Gasteiger charge is 2.04. The summed E-state index contributed by atoms with van der Waals surface area (Å²) in [6.07, 6.45) is -0.102. The van der Waals surface area contributed by atoms with E-state index in [1.807, 2.05) is 0 Å². The Balaban J connectivity index is 2.62. The molecule has 0 unspecified atom stereocenters. The topological polar surface area (TPSA) is 72.2 Å². The molecule has 3 N–H and O–H groups in total. The van der Waals surface area contributed by atoms with E-state index in [0.717, 1.165) is 5.56 Å². The van der Waals surface area contributed by atoms with E-state index in [0.29, 0.717) is 12.2 Å². The Morgan fingerprint density at radius 1 is 1.29 bits per heavy atom. The molecule has 0 fully saturated rings. The molecule has 4 nitrogen and oxygen atoms in total. The van der Waals surface area contributed by atoms with Gasteiger partial charge in [-0.25, -0.2) is 0 Å². The largest absolute Gasteiger partial charge is 0.326 e. The van der Waals surface area contributed by atoms with Crippen molar-refractivity contribution in [1.29, 1.82) is 0 Å². The fraction of sp³-hybridized carbons (Fsp3) is 0.231. The Labute approximate surface area is 100 Å². The molecule has 0 saturated carbocycles. The van der Waals surface area contributed by atoms with Crippen LogP contribution in [0, 0.1) is 11.8 Å². The van der Waals surface area contributed by atoms with E-state index < -0.39 is 0 Å². The molecule has 0 radical (unpaired) electrons. The van der Waals surface area contributed by atoms with E-state index in [2.05, 4.69) is 17.2 Å². The van der Waals surface area contributed by atoms with Gasteiger partial charge in [-0.15, -0.1) is 0 Å². The normalized spacial score (nSPS) is 9.06. The number of rotatable bonds is 3. The minimum atomic E-state index is -0.307. The zero-order chi connectivity index (χ0) is 12.7. The third-order valence-corrected chi connectivity index (χ3v) is 1.91. The molecule has 1 amide bonds. The average Bonchev–Trinajstić information content (AvgIpc) is 2.27. The lowest BCUT2D eigenvalue weighted by molar-refractivity contribution is -0.124. The van der Waals surface area contributed by atoms with Crippen LogP contribution in [0.4, 0.5) is 5.69 Å². The van der Waals surface area contributed by atoms with Crippen molar-refractivity contribution in [3.8, 4) is 11.8 Å². The maximum atomic E-state index is 11.3. The second-order valence-corrected chi connectivity index (χ2v) is 3.51. The van der Waals surface area contributed by atoms with Crippen LogP contribution >= 0.6 is 0 Å². The fourth-order valence-electron chi connectivity index (χ4n) is 1.22. The lowest BCUT2D eigenvalue weighted by Crippen LogP contribution is -2.14. The molecule has 1 rings (SSSR count). The summed E-state index contributed by atoms with van der Waals surface area (Å²) in [7, 11) is 0. The van der Waals surface area contributed by atoms with Gasteiger partial charge >= 0.3 is 0 Å². The van der Waals surface area contributed by atoms with Crippen molar-refractivity contribution >= 4 is 17.4 Å². The Morgan fingerprint density at radius 2 is 1.94 bits per heavy atom. The van der Waals surface area contributed by atoms with Crippen molar-refractivity contribution in [3.05, 3.63) is 29.8 Å². The van der Waals surface area contributed by atoms with Crippen molar-refractivity contribution in [2.45, 2.75) is 13.3 Å². The van der Waals surface area contributed by atoms with E-state index in [9.17, 15) is 9.59 Å². The summed E-state index contributed by atoms with van der Waals surface area (Å²) in [6, 6.07) is 7.04. The van der Waals surface area contributed by atoms with E-state index >= 15 is 0 Å². The molecule has 0 saturated heterocycles. The SMILES string of the molecule is CC(=O)CC(=O)Nc1ccc(C#CCN)cc1. The summed E-state index contributed by atoms with van der Waals surface area (Å²) >= 11 is 0. The molecule has 0 heterocycles. The highest BCUT2D eigenvalue weighted by molar-refractivity contribution is 6.03. The van der Waals surface area contributed by atoms with Crippen LogP contribution in [0.25, 0.3) is 0 Å². The molecule has 0 spiro atoms. The van der Waals surface area contributed by atoms with Gasteiger partial charge in [-0.05, 0) is 31.2 Å². The van der Waals surface area contributed by atoms with Crippen molar-refractivity contribution in [3.63, 3.8) is 0 Å². The summed E-state index contributed by atoms with van der Waals surface area (Å²) in [6.45, 7) is 1.70. The third-order valence-electron chi connectivity index (χ3n) is 1.91. The molecule has 0 atom stereocenters. The first kappa shape index (κ1) is 12.9. The highest BCUT2D eigenvalue weighted by Crippen LogP contribution is 2.09. The molecule has 88 valence electrons. The van der Waals surface area contributed by atoms with Crippen molar-refractivity contribution in [2.75, 3.05) is 11.9 Å². The van der Waals surface area contributed by atoms with E-state index in [4.69, 9.17) is 5.73 Å². The first-order valence-electron chi connectivity index (χ1n) is 5.20. The van der Waals surface area contributed by atoms with Gasteiger partial charge in [-0.3, -0.25) is 9.59 Å². The lowest BCUT2D eigenvalue weighted by atomic mass is 10.2. The van der Waals surface area contributed by atoms with Gasteiger partial charge in [0.2, 0.25) is 5.91 Å². The number of nitrogens with one attached hydrogen (secondary N) is 1. The number of benzene rings is 1. The van der Waals surface area contributed by atoms with Crippen LogP contribution in [0.2, 0.25) is 0 Å². The number of nitrogens with two attached hydrogens (primary N) is 1. The number of amides is 1. The molecule has 1 aromatic carbocycles. The van der Waals surface area contributed by atoms with Gasteiger partial charge in [-0.1, -0.05) is 11.8 Å². The average molecular weight is 230 g/mol. The number of carbonyl (C=O) groups excluding carboxylic acids is 2. The van der Waals surface area contributed by atoms with Gasteiger partial charge in [0.15, 0.2) is 0 Å². The lowest BCUT2D eigenvalue weighted by Gasteiger charge is -2.03.